The quantitative estimate of drug-likeness (QED) is 0.720. The third-order valence-corrected chi connectivity index (χ3v) is 2.68. The molecule has 0 saturated carbocycles. The molecule has 7 nitrogen and oxygen atoms in total. The summed E-state index contributed by atoms with van der Waals surface area (Å²) in [5, 5.41) is 13.3. The van der Waals surface area contributed by atoms with Gasteiger partial charge in [0.15, 0.2) is 0 Å². The summed E-state index contributed by atoms with van der Waals surface area (Å²) in [6.07, 6.45) is 4.15. The number of amides is 1. The monoisotopic (exact) mass is 248 g/mol. The summed E-state index contributed by atoms with van der Waals surface area (Å²) in [5.74, 6) is 0.0292. The van der Waals surface area contributed by atoms with Crippen molar-refractivity contribution in [2.75, 3.05) is 5.73 Å². The largest absolute Gasteiger partial charge is 0.383 e. The van der Waals surface area contributed by atoms with Gasteiger partial charge in [0.2, 0.25) is 0 Å². The lowest BCUT2D eigenvalue weighted by Gasteiger charge is -2.03. The second-order valence-electron chi connectivity index (χ2n) is 4.01. The number of H-pyrrole nitrogens is 1. The van der Waals surface area contributed by atoms with Crippen LogP contribution in [0.3, 0.4) is 0 Å². The summed E-state index contributed by atoms with van der Waals surface area (Å²) >= 11 is 0. The minimum Gasteiger partial charge on any atom is -0.383 e. The highest BCUT2D eigenvalue weighted by molar-refractivity contribution is 5.97. The van der Waals surface area contributed by atoms with Gasteiger partial charge in [0.05, 0.1) is 11.9 Å². The molecular formula is C11H16N6O. The van der Waals surface area contributed by atoms with Crippen molar-refractivity contribution < 1.29 is 4.79 Å². The van der Waals surface area contributed by atoms with Gasteiger partial charge in [0.25, 0.3) is 5.91 Å². The Kier molecular flexibility index (Phi) is 3.31. The Morgan fingerprint density at radius 1 is 1.61 bits per heavy atom. The first-order chi connectivity index (χ1) is 8.61. The summed E-state index contributed by atoms with van der Waals surface area (Å²) in [6, 6.07) is 0. The van der Waals surface area contributed by atoms with Crippen LogP contribution in [0.1, 0.15) is 28.5 Å². The summed E-state index contributed by atoms with van der Waals surface area (Å²) in [7, 11) is 1.86. The number of anilines is 1. The van der Waals surface area contributed by atoms with Crippen molar-refractivity contribution in [1.82, 2.24) is 25.3 Å². The molecule has 96 valence electrons. The van der Waals surface area contributed by atoms with Gasteiger partial charge in [0.1, 0.15) is 11.4 Å². The van der Waals surface area contributed by atoms with Crippen molar-refractivity contribution >= 4 is 11.7 Å². The number of carbonyl (C=O) groups is 1. The first-order valence-electron chi connectivity index (χ1n) is 5.70. The molecule has 2 rings (SSSR count). The van der Waals surface area contributed by atoms with E-state index in [0.717, 1.165) is 17.7 Å². The number of carbonyl (C=O) groups excluding carboxylic acids is 1. The third-order valence-electron chi connectivity index (χ3n) is 2.68. The number of nitrogens with two attached hydrogens (primary N) is 1. The lowest BCUT2D eigenvalue weighted by atomic mass is 10.2. The van der Waals surface area contributed by atoms with Crippen LogP contribution in [0.5, 0.6) is 0 Å². The van der Waals surface area contributed by atoms with E-state index < -0.39 is 0 Å². The lowest BCUT2D eigenvalue weighted by Crippen LogP contribution is -2.23. The number of hydrogen-bond donors (Lipinski definition) is 3. The zero-order valence-corrected chi connectivity index (χ0v) is 10.4. The maximum absolute atomic E-state index is 11.8. The zero-order chi connectivity index (χ0) is 13.1. The van der Waals surface area contributed by atoms with Crippen LogP contribution in [0, 0.1) is 0 Å². The van der Waals surface area contributed by atoms with Gasteiger partial charge in [-0.15, -0.1) is 0 Å². The van der Waals surface area contributed by atoms with E-state index in [4.69, 9.17) is 5.73 Å². The van der Waals surface area contributed by atoms with Crippen molar-refractivity contribution in [2.24, 2.45) is 7.05 Å². The van der Waals surface area contributed by atoms with Gasteiger partial charge in [-0.25, -0.2) is 0 Å². The fraction of sp³-hybridized carbons (Fsp3) is 0.364. The van der Waals surface area contributed by atoms with Gasteiger partial charge in [0, 0.05) is 25.4 Å². The standard InChI is InChI=1S/C11H16N6O/c1-3-9-7(6-17(2)16-9)4-13-11(18)8-5-14-15-10(8)12/h5-6H,3-4H2,1-2H3,(H,13,18)(H3,12,14,15). The number of aromatic nitrogens is 4. The molecule has 4 N–H and O–H groups in total. The van der Waals surface area contributed by atoms with Crippen molar-refractivity contribution in [1.29, 1.82) is 0 Å². The molecule has 0 unspecified atom stereocenters. The summed E-state index contributed by atoms with van der Waals surface area (Å²) in [6.45, 7) is 2.46. The average molecular weight is 248 g/mol. The second-order valence-corrected chi connectivity index (χ2v) is 4.01. The highest BCUT2D eigenvalue weighted by Gasteiger charge is 2.12. The topological polar surface area (TPSA) is 102 Å². The Bertz CT molecular complexity index is 556. The molecule has 18 heavy (non-hydrogen) atoms. The first-order valence-corrected chi connectivity index (χ1v) is 5.70. The Morgan fingerprint density at radius 2 is 2.39 bits per heavy atom. The van der Waals surface area contributed by atoms with E-state index in [0.29, 0.717) is 12.1 Å². The number of rotatable bonds is 4. The average Bonchev–Trinajstić information content (AvgIpc) is 2.92. The lowest BCUT2D eigenvalue weighted by molar-refractivity contribution is 0.0952. The molecule has 0 fully saturated rings. The predicted molar refractivity (Wildman–Crippen MR) is 66.8 cm³/mol. The van der Waals surface area contributed by atoms with Gasteiger partial charge in [-0.05, 0) is 6.42 Å². The summed E-state index contributed by atoms with van der Waals surface area (Å²) in [4.78, 5) is 11.8. The van der Waals surface area contributed by atoms with E-state index in [9.17, 15) is 4.79 Å². The van der Waals surface area contributed by atoms with Crippen molar-refractivity contribution in [3.8, 4) is 0 Å². The van der Waals surface area contributed by atoms with Gasteiger partial charge < -0.3 is 11.1 Å². The minimum absolute atomic E-state index is 0.243. The number of nitrogens with one attached hydrogen (secondary N) is 2. The molecule has 0 atom stereocenters. The van der Waals surface area contributed by atoms with Crippen LogP contribution >= 0.6 is 0 Å². The summed E-state index contributed by atoms with van der Waals surface area (Å²) < 4.78 is 1.74. The van der Waals surface area contributed by atoms with Gasteiger partial charge in [-0.1, -0.05) is 6.92 Å². The number of hydrogen-bond acceptors (Lipinski definition) is 4. The maximum atomic E-state index is 11.8. The highest BCUT2D eigenvalue weighted by Crippen LogP contribution is 2.09. The van der Waals surface area contributed by atoms with Gasteiger partial charge in [-0.2, -0.15) is 10.2 Å². The molecule has 2 heterocycles. The molecule has 0 aliphatic heterocycles. The molecule has 0 radical (unpaired) electrons. The molecule has 1 amide bonds. The van der Waals surface area contributed by atoms with Crippen LogP contribution in [0.25, 0.3) is 0 Å². The fourth-order valence-electron chi connectivity index (χ4n) is 1.78. The third kappa shape index (κ3) is 2.34. The smallest absolute Gasteiger partial charge is 0.256 e. The Labute approximate surface area is 104 Å². The van der Waals surface area contributed by atoms with Crippen LogP contribution in [0.4, 0.5) is 5.82 Å². The zero-order valence-electron chi connectivity index (χ0n) is 10.4. The maximum Gasteiger partial charge on any atom is 0.256 e. The molecule has 0 spiro atoms. The van der Waals surface area contributed by atoms with Gasteiger partial charge in [-0.3, -0.25) is 14.6 Å². The van der Waals surface area contributed by atoms with Crippen molar-refractivity contribution in [3.63, 3.8) is 0 Å². The van der Waals surface area contributed by atoms with E-state index in [-0.39, 0.29) is 11.7 Å². The highest BCUT2D eigenvalue weighted by atomic mass is 16.1. The van der Waals surface area contributed by atoms with Crippen LogP contribution in [-0.2, 0) is 20.0 Å². The molecule has 0 bridgehead atoms. The Hall–Kier alpha value is -2.31. The first kappa shape index (κ1) is 12.2. The van der Waals surface area contributed by atoms with Crippen LogP contribution in [-0.4, -0.2) is 25.9 Å². The molecule has 7 heteroatoms. The van der Waals surface area contributed by atoms with E-state index in [1.807, 2.05) is 20.2 Å². The molecule has 0 aliphatic carbocycles. The fourth-order valence-corrected chi connectivity index (χ4v) is 1.78. The van der Waals surface area contributed by atoms with Crippen LogP contribution < -0.4 is 11.1 Å². The molecule has 0 aromatic carbocycles. The second kappa shape index (κ2) is 4.91. The molecule has 2 aromatic rings. The normalized spacial score (nSPS) is 10.6. The molecule has 0 aliphatic rings. The van der Waals surface area contributed by atoms with Crippen LogP contribution in [0.2, 0.25) is 0 Å². The van der Waals surface area contributed by atoms with Crippen molar-refractivity contribution in [2.45, 2.75) is 19.9 Å². The van der Waals surface area contributed by atoms with E-state index in [1.54, 1.807) is 4.68 Å². The SMILES string of the molecule is CCc1nn(C)cc1CNC(=O)c1cn[nH]c1N. The summed E-state index contributed by atoms with van der Waals surface area (Å²) in [5.41, 5.74) is 7.93. The molecular weight excluding hydrogens is 232 g/mol. The van der Waals surface area contributed by atoms with Gasteiger partial charge >= 0.3 is 0 Å². The van der Waals surface area contributed by atoms with E-state index in [2.05, 4.69) is 20.6 Å². The number of aryl methyl sites for hydroxylation is 2. The number of nitrogens with zero attached hydrogens (tertiary/aromatic N) is 3. The van der Waals surface area contributed by atoms with Crippen LogP contribution in [0.15, 0.2) is 12.4 Å². The Morgan fingerprint density at radius 3 is 3.00 bits per heavy atom. The van der Waals surface area contributed by atoms with Crippen molar-refractivity contribution in [3.05, 3.63) is 29.2 Å². The Balaban J connectivity index is 2.03. The predicted octanol–water partition coefficient (Wildman–Crippen LogP) is 0.218. The van der Waals surface area contributed by atoms with E-state index in [1.165, 1.54) is 6.20 Å². The minimum atomic E-state index is -0.243. The molecule has 2 aromatic heterocycles. The number of nitrogen functional groups attached to an aromatic ring is 1. The van der Waals surface area contributed by atoms with E-state index >= 15 is 0 Å². The molecule has 0 saturated heterocycles. The number of aromatic amines is 1.